The van der Waals surface area contributed by atoms with Crippen molar-refractivity contribution < 1.29 is 24.5 Å². The molecule has 7 nitrogen and oxygen atoms in total. The van der Waals surface area contributed by atoms with E-state index in [0.29, 0.717) is 0 Å². The van der Waals surface area contributed by atoms with Crippen LogP contribution < -0.4 is 0 Å². The highest BCUT2D eigenvalue weighted by Gasteiger charge is 2.29. The third kappa shape index (κ3) is 8.44. The van der Waals surface area contributed by atoms with Gasteiger partial charge in [-0.05, 0) is 66.7 Å². The predicted octanol–water partition coefficient (Wildman–Crippen LogP) is 2.33. The van der Waals surface area contributed by atoms with Gasteiger partial charge in [0.15, 0.2) is 0 Å². The van der Waals surface area contributed by atoms with Crippen LogP contribution in [0.4, 0.5) is 0 Å². The molecule has 2 saturated carbocycles. The molecule has 0 aromatic carbocycles. The van der Waals surface area contributed by atoms with Gasteiger partial charge < -0.3 is 24.7 Å². The van der Waals surface area contributed by atoms with Crippen LogP contribution >= 0.6 is 0 Å². The van der Waals surface area contributed by atoms with Crippen molar-refractivity contribution in [3.8, 4) is 0 Å². The first kappa shape index (κ1) is 25.6. The molecule has 2 rings (SSSR count). The lowest BCUT2D eigenvalue weighted by molar-refractivity contribution is -0.149. The number of hydrogen-bond donors (Lipinski definition) is 0. The molecule has 2 aliphatic carbocycles. The number of carbonyl (C=O) groups excluding carboxylic acids is 2. The van der Waals surface area contributed by atoms with E-state index in [4.69, 9.17) is 9.47 Å². The fourth-order valence-corrected chi connectivity index (χ4v) is 4.48. The van der Waals surface area contributed by atoms with E-state index in [1.165, 1.54) is 25.0 Å². The summed E-state index contributed by atoms with van der Waals surface area (Å²) in [5, 5.41) is 0. The molecular weight excluding hydrogens is 372 g/mol. The summed E-state index contributed by atoms with van der Waals surface area (Å²) < 4.78 is 11.4. The summed E-state index contributed by atoms with van der Waals surface area (Å²) in [6.45, 7) is 0. The Balaban J connectivity index is 0.00000420. The highest BCUT2D eigenvalue weighted by molar-refractivity contribution is 5.91. The van der Waals surface area contributed by atoms with Crippen molar-refractivity contribution in [3.63, 3.8) is 0 Å². The summed E-state index contributed by atoms with van der Waals surface area (Å²) in [6.07, 6.45) is 12.8. The maximum Gasteiger partial charge on any atom is 0.331 e. The fourth-order valence-electron chi connectivity index (χ4n) is 4.48. The molecule has 2 fully saturated rings. The quantitative estimate of drug-likeness (QED) is 0.378. The van der Waals surface area contributed by atoms with Gasteiger partial charge in [0.1, 0.15) is 12.2 Å². The molecular formula is C22H40N2O5. The summed E-state index contributed by atoms with van der Waals surface area (Å²) in [5.74, 6) is -0.915. The normalized spacial score (nSPS) is 28.5. The molecule has 0 radical (unpaired) electrons. The van der Waals surface area contributed by atoms with Crippen molar-refractivity contribution in [1.29, 1.82) is 0 Å². The Morgan fingerprint density at radius 2 is 1.00 bits per heavy atom. The van der Waals surface area contributed by atoms with E-state index in [1.54, 1.807) is 0 Å². The van der Waals surface area contributed by atoms with E-state index < -0.39 is 11.9 Å². The summed E-state index contributed by atoms with van der Waals surface area (Å²) >= 11 is 0. The number of rotatable bonds is 6. The maximum atomic E-state index is 12.3. The maximum absolute atomic E-state index is 12.3. The molecule has 4 atom stereocenters. The third-order valence-electron chi connectivity index (χ3n) is 6.05. The highest BCUT2D eigenvalue weighted by atomic mass is 16.6. The number of likely N-dealkylation sites (N-methyl/N-ethyl adjacent to an activating group) is 2. The van der Waals surface area contributed by atoms with E-state index in [9.17, 15) is 9.59 Å². The minimum Gasteiger partial charge on any atom is -0.458 e. The van der Waals surface area contributed by atoms with Crippen LogP contribution in [0, 0.1) is 0 Å². The topological polar surface area (TPSA) is 90.6 Å². The molecule has 7 heteroatoms. The Morgan fingerprint density at radius 1 is 0.655 bits per heavy atom. The van der Waals surface area contributed by atoms with Crippen molar-refractivity contribution in [2.45, 2.75) is 88.5 Å². The summed E-state index contributed by atoms with van der Waals surface area (Å²) in [4.78, 5) is 28.8. The summed E-state index contributed by atoms with van der Waals surface area (Å²) in [6, 6.07) is 0.470. The monoisotopic (exact) mass is 412 g/mol. The van der Waals surface area contributed by atoms with Gasteiger partial charge >= 0.3 is 11.9 Å². The van der Waals surface area contributed by atoms with Gasteiger partial charge in [0.2, 0.25) is 0 Å². The molecule has 0 amide bonds. The number of carbonyl (C=O) groups is 2. The van der Waals surface area contributed by atoms with Crippen molar-refractivity contribution >= 4 is 11.9 Å². The zero-order chi connectivity index (χ0) is 20.5. The lowest BCUT2D eigenvalue weighted by atomic mass is 10.1. The Hall–Kier alpha value is -1.44. The Bertz CT molecular complexity index is 489. The highest BCUT2D eigenvalue weighted by Crippen LogP contribution is 2.25. The minimum absolute atomic E-state index is 0. The number of ether oxygens (including phenoxy) is 2. The SMILES string of the molecule is CN(C)C1CCCCCC1OC(=O)/C=C/C(=O)OC1CCCCCC1N(C)C.O. The molecule has 0 spiro atoms. The second-order valence-corrected chi connectivity index (χ2v) is 8.62. The second-order valence-electron chi connectivity index (χ2n) is 8.62. The molecule has 0 heterocycles. The predicted molar refractivity (Wildman–Crippen MR) is 114 cm³/mol. The molecule has 2 aliphatic rings. The summed E-state index contributed by atoms with van der Waals surface area (Å²) in [7, 11) is 8.10. The van der Waals surface area contributed by atoms with Gasteiger partial charge in [-0.15, -0.1) is 0 Å². The average Bonchev–Trinajstić information content (AvgIpc) is 3.00. The van der Waals surface area contributed by atoms with E-state index >= 15 is 0 Å². The van der Waals surface area contributed by atoms with Crippen LogP contribution in [0.15, 0.2) is 12.2 Å². The van der Waals surface area contributed by atoms with Crippen LogP contribution in [-0.2, 0) is 19.1 Å². The molecule has 0 bridgehead atoms. The van der Waals surface area contributed by atoms with Crippen LogP contribution in [0.25, 0.3) is 0 Å². The largest absolute Gasteiger partial charge is 0.458 e. The standard InChI is InChI=1S/C22H38N2O4.H2O/c1-23(2)17-11-7-5-9-13-19(17)27-21(25)15-16-22(26)28-20-14-10-6-8-12-18(20)24(3)4;/h15-20H,5-14H2,1-4H3;1H2/b16-15+;. The van der Waals surface area contributed by atoms with E-state index in [0.717, 1.165) is 51.4 Å². The molecule has 0 aliphatic heterocycles. The van der Waals surface area contributed by atoms with Gasteiger partial charge in [-0.25, -0.2) is 9.59 Å². The molecule has 0 saturated heterocycles. The first-order valence-electron chi connectivity index (χ1n) is 10.8. The molecule has 29 heavy (non-hydrogen) atoms. The van der Waals surface area contributed by atoms with Gasteiger partial charge in [0.05, 0.1) is 0 Å². The van der Waals surface area contributed by atoms with Gasteiger partial charge in [-0.2, -0.15) is 0 Å². The Morgan fingerprint density at radius 3 is 1.34 bits per heavy atom. The lowest BCUT2D eigenvalue weighted by Gasteiger charge is -2.30. The zero-order valence-electron chi connectivity index (χ0n) is 18.6. The van der Waals surface area contributed by atoms with Crippen LogP contribution in [-0.4, -0.2) is 79.7 Å². The van der Waals surface area contributed by atoms with Gasteiger partial charge in [0.25, 0.3) is 0 Å². The Labute approximate surface area is 175 Å². The third-order valence-corrected chi connectivity index (χ3v) is 6.05. The van der Waals surface area contributed by atoms with Crippen molar-refractivity contribution in [2.75, 3.05) is 28.2 Å². The van der Waals surface area contributed by atoms with Crippen LogP contribution in [0.5, 0.6) is 0 Å². The van der Waals surface area contributed by atoms with E-state index in [1.807, 2.05) is 28.2 Å². The van der Waals surface area contributed by atoms with Crippen LogP contribution in [0.3, 0.4) is 0 Å². The molecule has 0 aromatic rings. The molecule has 168 valence electrons. The second kappa shape index (κ2) is 13.0. The number of nitrogens with zero attached hydrogens (tertiary/aromatic N) is 2. The minimum atomic E-state index is -0.458. The Kier molecular flexibility index (Phi) is 11.5. The van der Waals surface area contributed by atoms with Crippen molar-refractivity contribution in [1.82, 2.24) is 9.80 Å². The van der Waals surface area contributed by atoms with Gasteiger partial charge in [0, 0.05) is 24.2 Å². The first-order valence-corrected chi connectivity index (χ1v) is 10.8. The van der Waals surface area contributed by atoms with Crippen LogP contribution in [0.1, 0.15) is 64.2 Å². The smallest absolute Gasteiger partial charge is 0.331 e. The summed E-state index contributed by atoms with van der Waals surface area (Å²) in [5.41, 5.74) is 0. The van der Waals surface area contributed by atoms with E-state index in [-0.39, 0.29) is 29.8 Å². The first-order chi connectivity index (χ1) is 13.4. The fraction of sp³-hybridized carbons (Fsp3) is 0.818. The van der Waals surface area contributed by atoms with E-state index in [2.05, 4.69) is 9.80 Å². The zero-order valence-corrected chi connectivity index (χ0v) is 18.6. The van der Waals surface area contributed by atoms with Crippen molar-refractivity contribution in [3.05, 3.63) is 12.2 Å². The molecule has 0 aromatic heterocycles. The van der Waals surface area contributed by atoms with Crippen molar-refractivity contribution in [2.24, 2.45) is 0 Å². The van der Waals surface area contributed by atoms with Gasteiger partial charge in [-0.3, -0.25) is 0 Å². The number of esters is 2. The average molecular weight is 413 g/mol. The number of hydrogen-bond acceptors (Lipinski definition) is 6. The molecule has 4 unspecified atom stereocenters. The lowest BCUT2D eigenvalue weighted by Crippen LogP contribution is -2.41. The van der Waals surface area contributed by atoms with Crippen LogP contribution in [0.2, 0.25) is 0 Å². The van der Waals surface area contributed by atoms with Gasteiger partial charge in [-0.1, -0.05) is 25.7 Å². The molecule has 2 N–H and O–H groups in total.